The van der Waals surface area contributed by atoms with Crippen molar-refractivity contribution >= 4 is 15.9 Å². The molecule has 1 N–H and O–H groups in total. The van der Waals surface area contributed by atoms with Crippen LogP contribution in [0.3, 0.4) is 0 Å². The van der Waals surface area contributed by atoms with Crippen molar-refractivity contribution in [2.24, 2.45) is 0 Å². The second-order valence-electron chi connectivity index (χ2n) is 4.21. The molecule has 2 rings (SSSR count). The molecule has 1 aliphatic heterocycles. The van der Waals surface area contributed by atoms with E-state index in [-0.39, 0.29) is 18.0 Å². The van der Waals surface area contributed by atoms with Gasteiger partial charge in [-0.25, -0.2) is 8.78 Å². The molecule has 0 aromatic heterocycles. The maximum atomic E-state index is 13.9. The zero-order valence-corrected chi connectivity index (χ0v) is 10.4. The highest BCUT2D eigenvalue weighted by Gasteiger charge is 2.35. The molecule has 1 aromatic rings. The molecule has 88 valence electrons. The van der Waals surface area contributed by atoms with Gasteiger partial charge in [0.25, 0.3) is 5.92 Å². The first kappa shape index (κ1) is 12.0. The lowest BCUT2D eigenvalue weighted by molar-refractivity contribution is -0.0213. The van der Waals surface area contributed by atoms with Gasteiger partial charge in [0.05, 0.1) is 0 Å². The van der Waals surface area contributed by atoms with E-state index in [0.717, 1.165) is 23.9 Å². The van der Waals surface area contributed by atoms with Gasteiger partial charge in [-0.2, -0.15) is 0 Å². The smallest absolute Gasteiger partial charge is 0.274 e. The predicted octanol–water partition coefficient (Wildman–Crippen LogP) is 3.68. The zero-order chi connectivity index (χ0) is 11.6. The van der Waals surface area contributed by atoms with Gasteiger partial charge in [0, 0.05) is 22.5 Å². The fourth-order valence-electron chi connectivity index (χ4n) is 2.05. The molecule has 1 atom stereocenters. The summed E-state index contributed by atoms with van der Waals surface area (Å²) in [5, 5.41) is 3.10. The first-order chi connectivity index (χ1) is 7.58. The summed E-state index contributed by atoms with van der Waals surface area (Å²) in [6, 6.07) is 6.24. The minimum atomic E-state index is -2.73. The quantitative estimate of drug-likeness (QED) is 0.895. The Bertz CT molecular complexity index is 345. The molecule has 1 aromatic carbocycles. The molecular formula is C12H14BrF2N. The molecule has 0 spiro atoms. The Kier molecular flexibility index (Phi) is 3.60. The molecule has 0 bridgehead atoms. The van der Waals surface area contributed by atoms with Crippen LogP contribution >= 0.6 is 15.9 Å². The van der Waals surface area contributed by atoms with Crippen LogP contribution in [0.2, 0.25) is 0 Å². The minimum absolute atomic E-state index is 0.0429. The fourth-order valence-corrected chi connectivity index (χ4v) is 2.32. The average molecular weight is 290 g/mol. The SMILES string of the molecule is FC(F)(CC1CCCN1)c1ccc(Br)cc1. The molecule has 1 unspecified atom stereocenters. The Morgan fingerprint density at radius 2 is 2.00 bits per heavy atom. The van der Waals surface area contributed by atoms with Gasteiger partial charge in [-0.1, -0.05) is 28.1 Å². The Hall–Kier alpha value is -0.480. The third-order valence-corrected chi connectivity index (χ3v) is 3.46. The second-order valence-corrected chi connectivity index (χ2v) is 5.12. The molecule has 0 radical (unpaired) electrons. The summed E-state index contributed by atoms with van der Waals surface area (Å²) in [4.78, 5) is 0. The van der Waals surface area contributed by atoms with Crippen LogP contribution in [-0.2, 0) is 5.92 Å². The van der Waals surface area contributed by atoms with E-state index in [0.29, 0.717) is 0 Å². The van der Waals surface area contributed by atoms with E-state index < -0.39 is 5.92 Å². The molecule has 0 aliphatic carbocycles. The van der Waals surface area contributed by atoms with E-state index in [1.165, 1.54) is 12.1 Å². The predicted molar refractivity (Wildman–Crippen MR) is 63.7 cm³/mol. The number of hydrogen-bond donors (Lipinski definition) is 1. The molecule has 0 saturated carbocycles. The number of rotatable bonds is 3. The highest BCUT2D eigenvalue weighted by Crippen LogP contribution is 2.35. The van der Waals surface area contributed by atoms with Crippen molar-refractivity contribution in [1.82, 2.24) is 5.32 Å². The molecule has 0 amide bonds. The Labute approximate surface area is 102 Å². The van der Waals surface area contributed by atoms with Gasteiger partial charge >= 0.3 is 0 Å². The van der Waals surface area contributed by atoms with Crippen molar-refractivity contribution in [2.75, 3.05) is 6.54 Å². The van der Waals surface area contributed by atoms with Gasteiger partial charge in [-0.05, 0) is 31.5 Å². The Morgan fingerprint density at radius 3 is 2.56 bits per heavy atom. The van der Waals surface area contributed by atoms with Gasteiger partial charge < -0.3 is 5.32 Å². The van der Waals surface area contributed by atoms with Crippen molar-refractivity contribution in [3.8, 4) is 0 Å². The van der Waals surface area contributed by atoms with Gasteiger partial charge in [0.15, 0.2) is 0 Å². The minimum Gasteiger partial charge on any atom is -0.314 e. The highest BCUT2D eigenvalue weighted by molar-refractivity contribution is 9.10. The largest absolute Gasteiger partial charge is 0.314 e. The van der Waals surface area contributed by atoms with E-state index >= 15 is 0 Å². The number of nitrogens with one attached hydrogen (secondary N) is 1. The van der Waals surface area contributed by atoms with Gasteiger partial charge in [0.2, 0.25) is 0 Å². The molecule has 4 heteroatoms. The summed E-state index contributed by atoms with van der Waals surface area (Å²) in [5.41, 5.74) is 0.101. The number of halogens is 3. The van der Waals surface area contributed by atoms with E-state index in [9.17, 15) is 8.78 Å². The van der Waals surface area contributed by atoms with Crippen LogP contribution in [0.5, 0.6) is 0 Å². The van der Waals surface area contributed by atoms with Crippen LogP contribution in [0.25, 0.3) is 0 Å². The van der Waals surface area contributed by atoms with Gasteiger partial charge in [-0.3, -0.25) is 0 Å². The molecule has 1 aliphatic rings. The van der Waals surface area contributed by atoms with Crippen LogP contribution in [-0.4, -0.2) is 12.6 Å². The molecule has 1 saturated heterocycles. The van der Waals surface area contributed by atoms with Crippen molar-refractivity contribution in [2.45, 2.75) is 31.2 Å². The second kappa shape index (κ2) is 4.80. The number of hydrogen-bond acceptors (Lipinski definition) is 1. The topological polar surface area (TPSA) is 12.0 Å². The van der Waals surface area contributed by atoms with Crippen LogP contribution in [0.15, 0.2) is 28.7 Å². The molecule has 1 heterocycles. The summed E-state index contributed by atoms with van der Waals surface area (Å²) in [6.07, 6.45) is 1.75. The van der Waals surface area contributed by atoms with E-state index in [2.05, 4.69) is 21.2 Å². The Balaban J connectivity index is 2.07. The summed E-state index contributed by atoms with van der Waals surface area (Å²) < 4.78 is 28.6. The van der Waals surface area contributed by atoms with Crippen molar-refractivity contribution in [3.63, 3.8) is 0 Å². The number of alkyl halides is 2. The highest BCUT2D eigenvalue weighted by atomic mass is 79.9. The van der Waals surface area contributed by atoms with Crippen LogP contribution in [0.1, 0.15) is 24.8 Å². The third-order valence-electron chi connectivity index (χ3n) is 2.93. The van der Waals surface area contributed by atoms with Gasteiger partial charge in [0.1, 0.15) is 0 Å². The maximum absolute atomic E-state index is 13.9. The molecule has 16 heavy (non-hydrogen) atoms. The first-order valence-electron chi connectivity index (χ1n) is 5.45. The summed E-state index contributed by atoms with van der Waals surface area (Å²) in [6.45, 7) is 0.862. The molecule has 1 nitrogen and oxygen atoms in total. The third kappa shape index (κ3) is 2.80. The van der Waals surface area contributed by atoms with Crippen LogP contribution in [0, 0.1) is 0 Å². The normalized spacial score (nSPS) is 21.3. The summed E-state index contributed by atoms with van der Waals surface area (Å²) >= 11 is 3.24. The van der Waals surface area contributed by atoms with E-state index in [4.69, 9.17) is 0 Å². The maximum Gasteiger partial charge on any atom is 0.274 e. The van der Waals surface area contributed by atoms with E-state index in [1.807, 2.05) is 0 Å². The zero-order valence-electron chi connectivity index (χ0n) is 8.85. The van der Waals surface area contributed by atoms with Crippen molar-refractivity contribution < 1.29 is 8.78 Å². The monoisotopic (exact) mass is 289 g/mol. The van der Waals surface area contributed by atoms with E-state index in [1.54, 1.807) is 12.1 Å². The summed E-state index contributed by atoms with van der Waals surface area (Å²) in [5.74, 6) is -2.73. The van der Waals surface area contributed by atoms with Crippen molar-refractivity contribution in [1.29, 1.82) is 0 Å². The summed E-state index contributed by atoms with van der Waals surface area (Å²) in [7, 11) is 0. The Morgan fingerprint density at radius 1 is 1.31 bits per heavy atom. The lowest BCUT2D eigenvalue weighted by atomic mass is 10.00. The van der Waals surface area contributed by atoms with Crippen LogP contribution in [0.4, 0.5) is 8.78 Å². The fraction of sp³-hybridized carbons (Fsp3) is 0.500. The lowest BCUT2D eigenvalue weighted by Crippen LogP contribution is -2.29. The lowest BCUT2D eigenvalue weighted by Gasteiger charge is -2.20. The molecule has 1 fully saturated rings. The standard InChI is InChI=1S/C12H14BrF2N/c13-10-5-3-9(4-6-10)12(14,15)8-11-2-1-7-16-11/h3-6,11,16H,1-2,7-8H2. The van der Waals surface area contributed by atoms with Gasteiger partial charge in [-0.15, -0.1) is 0 Å². The first-order valence-corrected chi connectivity index (χ1v) is 6.24. The number of benzene rings is 1. The molecular weight excluding hydrogens is 276 g/mol. The van der Waals surface area contributed by atoms with Crippen molar-refractivity contribution in [3.05, 3.63) is 34.3 Å². The van der Waals surface area contributed by atoms with Crippen LogP contribution < -0.4 is 5.32 Å². The average Bonchev–Trinajstić information content (AvgIpc) is 2.70.